The van der Waals surface area contributed by atoms with Crippen LogP contribution in [-0.2, 0) is 9.84 Å². The lowest BCUT2D eigenvalue weighted by Gasteiger charge is -2.37. The van der Waals surface area contributed by atoms with Gasteiger partial charge >= 0.3 is 0 Å². The lowest BCUT2D eigenvalue weighted by Crippen LogP contribution is -2.44. The summed E-state index contributed by atoms with van der Waals surface area (Å²) < 4.78 is 22.0. The summed E-state index contributed by atoms with van der Waals surface area (Å²) in [5.41, 5.74) is -0.629. The quantitative estimate of drug-likeness (QED) is 0.777. The van der Waals surface area contributed by atoms with Crippen molar-refractivity contribution in [3.8, 4) is 0 Å². The molecule has 0 aromatic rings. The second-order valence-corrected chi connectivity index (χ2v) is 7.15. The molecule has 0 atom stereocenters. The molecule has 1 fully saturated rings. The number of aliphatic hydroxyl groups is 1. The van der Waals surface area contributed by atoms with E-state index in [0.717, 1.165) is 32.5 Å². The normalized spacial score (nSPS) is 22.2. The van der Waals surface area contributed by atoms with Crippen molar-refractivity contribution in [1.82, 2.24) is 4.90 Å². The minimum atomic E-state index is -2.89. The second-order valence-electron chi connectivity index (χ2n) is 4.89. The lowest BCUT2D eigenvalue weighted by molar-refractivity contribution is -0.0267. The van der Waals surface area contributed by atoms with Crippen molar-refractivity contribution in [1.29, 1.82) is 0 Å². The number of likely N-dealkylation sites (tertiary alicyclic amines) is 1. The van der Waals surface area contributed by atoms with Crippen LogP contribution in [0.4, 0.5) is 0 Å². The number of hydrogen-bond donors (Lipinski definition) is 1. The van der Waals surface area contributed by atoms with E-state index < -0.39 is 15.4 Å². The van der Waals surface area contributed by atoms with Gasteiger partial charge in [0.1, 0.15) is 9.84 Å². The van der Waals surface area contributed by atoms with Gasteiger partial charge in [0.05, 0.1) is 5.60 Å². The molecule has 0 aromatic heterocycles. The Labute approximate surface area is 98.6 Å². The fraction of sp³-hybridized carbons (Fsp3) is 1.00. The summed E-state index contributed by atoms with van der Waals surface area (Å²) >= 11 is 0. The molecule has 0 unspecified atom stereocenters. The third-order valence-electron chi connectivity index (χ3n) is 3.39. The van der Waals surface area contributed by atoms with E-state index in [4.69, 9.17) is 0 Å². The smallest absolute Gasteiger partial charge is 0.147 e. The van der Waals surface area contributed by atoms with Gasteiger partial charge in [-0.2, -0.15) is 0 Å². The van der Waals surface area contributed by atoms with Crippen molar-refractivity contribution in [2.75, 3.05) is 31.6 Å². The largest absolute Gasteiger partial charge is 0.390 e. The highest BCUT2D eigenvalue weighted by molar-refractivity contribution is 7.90. The molecule has 5 heteroatoms. The van der Waals surface area contributed by atoms with Gasteiger partial charge in [0.2, 0.25) is 0 Å². The van der Waals surface area contributed by atoms with Crippen LogP contribution in [0.1, 0.15) is 32.6 Å². The van der Waals surface area contributed by atoms with Crippen molar-refractivity contribution in [3.63, 3.8) is 0 Å². The molecule has 0 amide bonds. The molecule has 0 aromatic carbocycles. The van der Waals surface area contributed by atoms with E-state index in [1.165, 1.54) is 6.26 Å². The van der Waals surface area contributed by atoms with Gasteiger partial charge in [0.25, 0.3) is 0 Å². The average molecular weight is 249 g/mol. The number of piperidine rings is 1. The van der Waals surface area contributed by atoms with Gasteiger partial charge < -0.3 is 10.0 Å². The molecule has 1 aliphatic heterocycles. The fourth-order valence-electron chi connectivity index (χ4n) is 2.20. The zero-order chi connectivity index (χ0) is 12.2. The van der Waals surface area contributed by atoms with Gasteiger partial charge in [0.15, 0.2) is 0 Å². The topological polar surface area (TPSA) is 57.6 Å². The highest BCUT2D eigenvalue weighted by Gasteiger charge is 2.31. The summed E-state index contributed by atoms with van der Waals surface area (Å²) in [6, 6.07) is 0. The van der Waals surface area contributed by atoms with Crippen molar-refractivity contribution in [2.24, 2.45) is 0 Å². The number of nitrogens with zero attached hydrogens (tertiary/aromatic N) is 1. The van der Waals surface area contributed by atoms with Gasteiger partial charge in [-0.3, -0.25) is 0 Å². The van der Waals surface area contributed by atoms with E-state index in [9.17, 15) is 13.5 Å². The Kier molecular flexibility index (Phi) is 4.76. The Bertz CT molecular complexity index is 305. The molecule has 16 heavy (non-hydrogen) atoms. The molecule has 0 spiro atoms. The maximum Gasteiger partial charge on any atom is 0.147 e. The molecule has 4 nitrogen and oxygen atoms in total. The van der Waals surface area contributed by atoms with Crippen molar-refractivity contribution >= 4 is 9.84 Å². The second kappa shape index (κ2) is 5.47. The van der Waals surface area contributed by atoms with Crippen LogP contribution in [-0.4, -0.2) is 55.7 Å². The Morgan fingerprint density at radius 1 is 1.31 bits per heavy atom. The van der Waals surface area contributed by atoms with E-state index in [-0.39, 0.29) is 5.75 Å². The minimum Gasteiger partial charge on any atom is -0.390 e. The van der Waals surface area contributed by atoms with E-state index in [2.05, 4.69) is 11.8 Å². The van der Waals surface area contributed by atoms with Crippen LogP contribution in [0.2, 0.25) is 0 Å². The SMILES string of the molecule is CCN1CCC(O)(CCCS(C)(=O)=O)CC1. The standard InChI is InChI=1S/C11H23NO3S/c1-3-12-8-6-11(13,7-9-12)5-4-10-16(2,14)15/h13H,3-10H2,1-2H3. The minimum absolute atomic E-state index is 0.187. The Balaban J connectivity index is 2.31. The van der Waals surface area contributed by atoms with Crippen LogP contribution in [0.25, 0.3) is 0 Å². The van der Waals surface area contributed by atoms with Gasteiger partial charge in [-0.05, 0) is 32.2 Å². The third kappa shape index (κ3) is 4.80. The molecule has 1 rings (SSSR count). The van der Waals surface area contributed by atoms with Crippen LogP contribution in [0.5, 0.6) is 0 Å². The molecule has 1 N–H and O–H groups in total. The van der Waals surface area contributed by atoms with Crippen LogP contribution in [0.3, 0.4) is 0 Å². The van der Waals surface area contributed by atoms with Crippen molar-refractivity contribution < 1.29 is 13.5 Å². The Morgan fingerprint density at radius 2 is 1.88 bits per heavy atom. The van der Waals surface area contributed by atoms with E-state index >= 15 is 0 Å². The molecule has 0 aliphatic carbocycles. The number of hydrogen-bond acceptors (Lipinski definition) is 4. The summed E-state index contributed by atoms with van der Waals surface area (Å²) in [5, 5.41) is 10.3. The summed E-state index contributed by atoms with van der Waals surface area (Å²) in [4.78, 5) is 2.31. The van der Waals surface area contributed by atoms with Gasteiger partial charge in [-0.1, -0.05) is 6.92 Å². The van der Waals surface area contributed by atoms with Crippen molar-refractivity contribution in [3.05, 3.63) is 0 Å². The summed E-state index contributed by atoms with van der Waals surface area (Å²) in [5.74, 6) is 0.187. The first-order valence-corrected chi connectivity index (χ1v) is 8.03. The monoisotopic (exact) mass is 249 g/mol. The predicted molar refractivity (Wildman–Crippen MR) is 65.2 cm³/mol. The maximum atomic E-state index is 11.0. The zero-order valence-corrected chi connectivity index (χ0v) is 11.1. The Morgan fingerprint density at radius 3 is 2.31 bits per heavy atom. The van der Waals surface area contributed by atoms with Crippen LogP contribution < -0.4 is 0 Å². The van der Waals surface area contributed by atoms with Crippen LogP contribution in [0, 0.1) is 0 Å². The van der Waals surface area contributed by atoms with Gasteiger partial charge in [0, 0.05) is 25.1 Å². The molecule has 1 saturated heterocycles. The molecule has 0 saturated carbocycles. The maximum absolute atomic E-state index is 11.0. The summed E-state index contributed by atoms with van der Waals surface area (Å²) in [6.07, 6.45) is 3.96. The number of sulfone groups is 1. The van der Waals surface area contributed by atoms with Crippen LogP contribution >= 0.6 is 0 Å². The molecule has 1 heterocycles. The van der Waals surface area contributed by atoms with E-state index in [1.54, 1.807) is 0 Å². The highest BCUT2D eigenvalue weighted by Crippen LogP contribution is 2.26. The molecule has 96 valence electrons. The highest BCUT2D eigenvalue weighted by atomic mass is 32.2. The van der Waals surface area contributed by atoms with E-state index in [0.29, 0.717) is 12.8 Å². The van der Waals surface area contributed by atoms with Crippen molar-refractivity contribution in [2.45, 2.75) is 38.2 Å². The zero-order valence-electron chi connectivity index (χ0n) is 10.3. The molecule has 0 radical (unpaired) electrons. The molecule has 1 aliphatic rings. The lowest BCUT2D eigenvalue weighted by atomic mass is 9.87. The number of rotatable bonds is 5. The van der Waals surface area contributed by atoms with Crippen LogP contribution in [0.15, 0.2) is 0 Å². The van der Waals surface area contributed by atoms with Gasteiger partial charge in [-0.15, -0.1) is 0 Å². The molecule has 0 bridgehead atoms. The Hall–Kier alpha value is -0.130. The molecular weight excluding hydrogens is 226 g/mol. The fourth-order valence-corrected chi connectivity index (χ4v) is 2.87. The van der Waals surface area contributed by atoms with Gasteiger partial charge in [-0.25, -0.2) is 8.42 Å². The first-order chi connectivity index (χ1) is 7.35. The molecular formula is C11H23NO3S. The predicted octanol–water partition coefficient (Wildman–Crippen LogP) is 0.658. The summed E-state index contributed by atoms with van der Waals surface area (Å²) in [6.45, 7) is 4.99. The first-order valence-electron chi connectivity index (χ1n) is 5.97. The third-order valence-corrected chi connectivity index (χ3v) is 4.42. The van der Waals surface area contributed by atoms with E-state index in [1.807, 2.05) is 0 Å². The summed E-state index contributed by atoms with van der Waals surface area (Å²) in [7, 11) is -2.89. The first kappa shape index (κ1) is 13.9. The average Bonchev–Trinajstić information content (AvgIpc) is 2.17.